The fourth-order valence-electron chi connectivity index (χ4n) is 1.47. The minimum atomic E-state index is -4.28. The predicted molar refractivity (Wildman–Crippen MR) is 63.0 cm³/mol. The van der Waals surface area contributed by atoms with E-state index in [1.165, 1.54) is 13.0 Å². The molecule has 0 amide bonds. The Labute approximate surface area is 101 Å². The molecule has 0 nitrogen and oxygen atoms in total. The zero-order valence-corrected chi connectivity index (χ0v) is 10.5. The first-order chi connectivity index (χ1) is 7.61. The van der Waals surface area contributed by atoms with Gasteiger partial charge in [0.1, 0.15) is 0 Å². The molecule has 93 valence electrons. The van der Waals surface area contributed by atoms with Crippen molar-refractivity contribution in [2.75, 3.05) is 0 Å². The normalized spacial score (nSPS) is 17.5. The molecule has 0 fully saturated rings. The van der Waals surface area contributed by atoms with Gasteiger partial charge in [-0.05, 0) is 39.7 Å². The summed E-state index contributed by atoms with van der Waals surface area (Å²) in [5.74, 6) is 5.81. The molecule has 1 aliphatic carbocycles. The van der Waals surface area contributed by atoms with E-state index < -0.39 is 11.7 Å². The van der Waals surface area contributed by atoms with Crippen LogP contribution >= 0.6 is 0 Å². The van der Waals surface area contributed by atoms with Crippen molar-refractivity contribution in [3.05, 3.63) is 29.2 Å². The lowest BCUT2D eigenvalue weighted by Gasteiger charge is -2.18. The minimum Gasteiger partial charge on any atom is -0.166 e. The van der Waals surface area contributed by atoms with Gasteiger partial charge in [0.05, 0.1) is 5.57 Å². The quantitative estimate of drug-likeness (QED) is 0.550. The highest BCUT2D eigenvalue weighted by atomic mass is 19.4. The van der Waals surface area contributed by atoms with E-state index in [0.29, 0.717) is 12.0 Å². The first kappa shape index (κ1) is 13.9. The first-order valence-electron chi connectivity index (χ1n) is 5.46. The highest BCUT2D eigenvalue weighted by Crippen LogP contribution is 2.36. The van der Waals surface area contributed by atoms with E-state index in [1.54, 1.807) is 6.42 Å². The van der Waals surface area contributed by atoms with Crippen LogP contribution < -0.4 is 0 Å². The van der Waals surface area contributed by atoms with E-state index >= 15 is 0 Å². The summed E-state index contributed by atoms with van der Waals surface area (Å²) < 4.78 is 38.0. The Balaban J connectivity index is 3.08. The van der Waals surface area contributed by atoms with Crippen molar-refractivity contribution in [3.8, 4) is 11.8 Å². The molecule has 0 unspecified atom stereocenters. The van der Waals surface area contributed by atoms with Crippen LogP contribution in [0.1, 0.15) is 34.1 Å². The molecule has 0 heterocycles. The Kier molecular flexibility index (Phi) is 3.76. The second-order valence-corrected chi connectivity index (χ2v) is 5.09. The Bertz CT molecular complexity index is 417. The second kappa shape index (κ2) is 4.60. The highest BCUT2D eigenvalue weighted by Gasteiger charge is 2.36. The van der Waals surface area contributed by atoms with Crippen LogP contribution in [0.25, 0.3) is 0 Å². The van der Waals surface area contributed by atoms with Gasteiger partial charge < -0.3 is 0 Å². The van der Waals surface area contributed by atoms with Crippen LogP contribution in [0.15, 0.2) is 22.8 Å². The molecule has 17 heavy (non-hydrogen) atoms. The summed E-state index contributed by atoms with van der Waals surface area (Å²) in [7, 11) is 0. The van der Waals surface area contributed by atoms with Gasteiger partial charge in [0.15, 0.2) is 0 Å². The van der Waals surface area contributed by atoms with Gasteiger partial charge in [0.2, 0.25) is 0 Å². The van der Waals surface area contributed by atoms with Gasteiger partial charge in [-0.15, -0.1) is 0 Å². The molecule has 1 radical (unpaired) electrons. The van der Waals surface area contributed by atoms with Crippen molar-refractivity contribution in [2.24, 2.45) is 5.41 Å². The van der Waals surface area contributed by atoms with Crippen LogP contribution in [0, 0.1) is 23.7 Å². The van der Waals surface area contributed by atoms with E-state index in [2.05, 4.69) is 11.8 Å². The van der Waals surface area contributed by atoms with Crippen molar-refractivity contribution in [1.82, 2.24) is 0 Å². The Morgan fingerprint density at radius 2 is 1.76 bits per heavy atom. The molecule has 3 heteroatoms. The van der Waals surface area contributed by atoms with E-state index in [4.69, 9.17) is 0 Å². The standard InChI is InChI=1S/C14H16F3/c1-10-11(8-9-13(2,3)4)6-5-7-12(10)14(15,16)17/h6-7H,5H2,1-4H3. The van der Waals surface area contributed by atoms with Gasteiger partial charge in [-0.1, -0.05) is 17.9 Å². The molecule has 0 atom stereocenters. The average molecular weight is 241 g/mol. The van der Waals surface area contributed by atoms with E-state index in [9.17, 15) is 13.2 Å². The Morgan fingerprint density at radius 1 is 1.18 bits per heavy atom. The first-order valence-corrected chi connectivity index (χ1v) is 5.46. The van der Waals surface area contributed by atoms with Crippen LogP contribution in [0.3, 0.4) is 0 Å². The summed E-state index contributed by atoms with van der Waals surface area (Å²) in [5, 5.41) is 0. The SMILES string of the molecule is CC1=C(C#CC(C)(C)C)[CH]CC=C1C(F)(F)F. The van der Waals surface area contributed by atoms with Crippen LogP contribution in [0.4, 0.5) is 13.2 Å². The smallest absolute Gasteiger partial charge is 0.166 e. The van der Waals surface area contributed by atoms with Crippen molar-refractivity contribution in [3.63, 3.8) is 0 Å². The van der Waals surface area contributed by atoms with Crippen LogP contribution in [-0.2, 0) is 0 Å². The molecule has 0 aromatic rings. The van der Waals surface area contributed by atoms with Gasteiger partial charge in [-0.2, -0.15) is 13.2 Å². The third kappa shape index (κ3) is 3.96. The minimum absolute atomic E-state index is 0.208. The number of rotatable bonds is 0. The monoisotopic (exact) mass is 241 g/mol. The van der Waals surface area contributed by atoms with E-state index in [-0.39, 0.29) is 11.0 Å². The third-order valence-electron chi connectivity index (χ3n) is 2.33. The largest absolute Gasteiger partial charge is 0.416 e. The highest BCUT2D eigenvalue weighted by molar-refractivity contribution is 5.52. The third-order valence-corrected chi connectivity index (χ3v) is 2.33. The summed E-state index contributed by atoms with van der Waals surface area (Å²) in [6.07, 6.45) is -1.05. The zero-order chi connectivity index (χ0) is 13.3. The van der Waals surface area contributed by atoms with E-state index in [0.717, 1.165) is 0 Å². The van der Waals surface area contributed by atoms with Crippen molar-refractivity contribution in [1.29, 1.82) is 0 Å². The van der Waals surface area contributed by atoms with E-state index in [1.807, 2.05) is 20.8 Å². The molecule has 0 aromatic carbocycles. The Hall–Kier alpha value is -1.17. The summed E-state index contributed by atoms with van der Waals surface area (Å²) >= 11 is 0. The van der Waals surface area contributed by atoms with Crippen molar-refractivity contribution in [2.45, 2.75) is 40.3 Å². The molecule has 0 N–H and O–H groups in total. The lowest BCUT2D eigenvalue weighted by molar-refractivity contribution is -0.0897. The fraction of sp³-hybridized carbons (Fsp3) is 0.500. The molecular formula is C14H16F3. The van der Waals surface area contributed by atoms with Crippen molar-refractivity contribution >= 4 is 0 Å². The number of hydrogen-bond acceptors (Lipinski definition) is 0. The van der Waals surface area contributed by atoms with Gasteiger partial charge >= 0.3 is 6.18 Å². The molecule has 1 aliphatic rings. The second-order valence-electron chi connectivity index (χ2n) is 5.09. The number of allylic oxidation sites excluding steroid dienone is 4. The summed E-state index contributed by atoms with van der Waals surface area (Å²) in [6, 6.07) is 0. The number of hydrogen-bond donors (Lipinski definition) is 0. The summed E-state index contributed by atoms with van der Waals surface area (Å²) in [4.78, 5) is 0. The Morgan fingerprint density at radius 3 is 2.24 bits per heavy atom. The maximum atomic E-state index is 12.7. The van der Waals surface area contributed by atoms with Crippen LogP contribution in [-0.4, -0.2) is 6.18 Å². The molecule has 0 aromatic heterocycles. The maximum absolute atomic E-state index is 12.7. The van der Waals surface area contributed by atoms with Crippen molar-refractivity contribution < 1.29 is 13.2 Å². The van der Waals surface area contributed by atoms with Gasteiger partial charge in [0.25, 0.3) is 0 Å². The molecule has 0 aliphatic heterocycles. The molecule has 0 bridgehead atoms. The molecule has 1 rings (SSSR count). The van der Waals surface area contributed by atoms with Gasteiger partial charge in [-0.25, -0.2) is 0 Å². The lowest BCUT2D eigenvalue weighted by Crippen LogP contribution is -2.16. The maximum Gasteiger partial charge on any atom is 0.416 e. The molecule has 0 spiro atoms. The number of alkyl halides is 3. The number of halogens is 3. The van der Waals surface area contributed by atoms with Gasteiger partial charge in [-0.3, -0.25) is 0 Å². The topological polar surface area (TPSA) is 0 Å². The zero-order valence-electron chi connectivity index (χ0n) is 10.5. The molecule has 0 saturated carbocycles. The predicted octanol–water partition coefficient (Wildman–Crippen LogP) is 4.45. The lowest BCUT2D eigenvalue weighted by atomic mass is 9.90. The summed E-state index contributed by atoms with van der Waals surface area (Å²) in [5.41, 5.74) is -0.0471. The summed E-state index contributed by atoms with van der Waals surface area (Å²) in [6.45, 7) is 7.26. The van der Waals surface area contributed by atoms with Gasteiger partial charge in [0, 0.05) is 17.4 Å². The molecular weight excluding hydrogens is 225 g/mol. The average Bonchev–Trinajstić information content (AvgIpc) is 2.13. The van der Waals surface area contributed by atoms with Crippen LogP contribution in [0.5, 0.6) is 0 Å². The molecule has 0 saturated heterocycles. The van der Waals surface area contributed by atoms with Crippen LogP contribution in [0.2, 0.25) is 0 Å². The fourth-order valence-corrected chi connectivity index (χ4v) is 1.47.